The molecule has 312 valence electrons. The number of nitriles is 1. The second-order valence-electron chi connectivity index (χ2n) is 13.3. The lowest BCUT2D eigenvalue weighted by Crippen LogP contribution is -2.14. The second kappa shape index (κ2) is 25.4. The van der Waals surface area contributed by atoms with E-state index in [1.165, 1.54) is 24.2 Å². The van der Waals surface area contributed by atoms with Gasteiger partial charge in [0, 0.05) is 57.3 Å². The molecule has 2 heterocycles. The Morgan fingerprint density at radius 2 is 1.70 bits per heavy atom. The summed E-state index contributed by atoms with van der Waals surface area (Å²) in [5.41, 5.74) is 14.3. The van der Waals surface area contributed by atoms with Crippen LogP contribution in [-0.2, 0) is 52.0 Å². The number of imidazole rings is 2. The van der Waals surface area contributed by atoms with E-state index >= 15 is 0 Å². The van der Waals surface area contributed by atoms with Crippen LogP contribution in [0.15, 0.2) is 109 Å². The number of hydrogen-bond donors (Lipinski definition) is 3. The Morgan fingerprint density at radius 1 is 0.967 bits per heavy atom. The van der Waals surface area contributed by atoms with E-state index in [1.54, 1.807) is 43.7 Å². The third kappa shape index (κ3) is 13.5. The first-order valence-corrected chi connectivity index (χ1v) is 19.1. The molecule has 0 saturated carbocycles. The number of methoxy groups -OCH3 is 1. The van der Waals surface area contributed by atoms with Gasteiger partial charge >= 0.3 is 0 Å². The van der Waals surface area contributed by atoms with Crippen molar-refractivity contribution in [1.82, 2.24) is 29.7 Å². The predicted molar refractivity (Wildman–Crippen MR) is 235 cm³/mol. The number of fused-ring (bicyclic) bond motifs is 1. The number of carbonyl (C=O) groups is 3. The van der Waals surface area contributed by atoms with Crippen molar-refractivity contribution in [2.45, 2.75) is 39.7 Å². The molecule has 0 aliphatic heterocycles. The van der Waals surface area contributed by atoms with Crippen molar-refractivity contribution in [3.63, 3.8) is 0 Å². The summed E-state index contributed by atoms with van der Waals surface area (Å²) in [4.78, 5) is 39.1. The Labute approximate surface area is 351 Å². The smallest absolute Gasteiger partial charge is 0.211 e. The summed E-state index contributed by atoms with van der Waals surface area (Å²) < 4.78 is 23.9. The molecule has 0 spiro atoms. The number of nitrogens with two attached hydrogens (primary N) is 1. The Kier molecular flexibility index (Phi) is 20.0. The number of amides is 2. The predicted octanol–water partition coefficient (Wildman–Crippen LogP) is 6.55. The number of ether oxygens (including phenoxy) is 1. The second-order valence-corrected chi connectivity index (χ2v) is 13.3. The Bertz CT molecular complexity index is 2390. The first-order chi connectivity index (χ1) is 29.2. The van der Waals surface area contributed by atoms with Crippen LogP contribution >= 0.6 is 0 Å². The molecule has 4 N–H and O–H groups in total. The maximum atomic E-state index is 14.3. The average molecular weight is 813 g/mol. The van der Waals surface area contributed by atoms with Crippen molar-refractivity contribution in [3.8, 4) is 17.5 Å². The Hall–Kier alpha value is -7.01. The number of benzene rings is 4. The summed E-state index contributed by atoms with van der Waals surface area (Å²) in [6.45, 7) is 8.08. The van der Waals surface area contributed by atoms with E-state index in [2.05, 4.69) is 82.2 Å². The molecule has 4 aromatic carbocycles. The number of carbonyl (C=O) groups excluding carboxylic acids is 3. The number of nitrogens with zero attached hydrogens (tertiary/aromatic N) is 5. The highest BCUT2D eigenvalue weighted by Gasteiger charge is 2.17. The van der Waals surface area contributed by atoms with Crippen LogP contribution in [-0.4, -0.2) is 66.0 Å². The topological polar surface area (TPSA) is 170 Å². The lowest BCUT2D eigenvalue weighted by Gasteiger charge is -2.15. The van der Waals surface area contributed by atoms with Gasteiger partial charge in [-0.2, -0.15) is 5.26 Å². The number of halogens is 1. The Balaban J connectivity index is 0.000000509. The molecule has 0 aliphatic carbocycles. The summed E-state index contributed by atoms with van der Waals surface area (Å²) in [7, 11) is 5.14. The Morgan fingerprint density at radius 3 is 2.35 bits per heavy atom. The summed E-state index contributed by atoms with van der Waals surface area (Å²) in [5.74, 6) is 1.28. The normalized spacial score (nSPS) is 10.7. The quantitative estimate of drug-likeness (QED) is 0.0562. The summed E-state index contributed by atoms with van der Waals surface area (Å²) >= 11 is 0. The third-order valence-corrected chi connectivity index (χ3v) is 9.23. The van der Waals surface area contributed by atoms with Gasteiger partial charge in [-0.05, 0) is 98.0 Å². The molecule has 2 aromatic heterocycles. The van der Waals surface area contributed by atoms with Gasteiger partial charge in [0.25, 0.3) is 0 Å². The van der Waals surface area contributed by atoms with Crippen LogP contribution in [0.1, 0.15) is 44.8 Å². The van der Waals surface area contributed by atoms with E-state index in [1.807, 2.05) is 48.9 Å². The van der Waals surface area contributed by atoms with Gasteiger partial charge in [0.15, 0.2) is 0 Å². The molecule has 0 radical (unpaired) electrons. The van der Waals surface area contributed by atoms with E-state index in [-0.39, 0.29) is 5.56 Å². The highest BCUT2D eigenvalue weighted by atomic mass is 19.1. The molecule has 0 saturated heterocycles. The molecule has 0 fully saturated rings. The maximum Gasteiger partial charge on any atom is 0.211 e. The molecule has 0 atom stereocenters. The maximum absolute atomic E-state index is 14.3. The minimum Gasteiger partial charge on any atom is -0.383 e. The van der Waals surface area contributed by atoms with Gasteiger partial charge in [-0.25, -0.2) is 14.4 Å². The van der Waals surface area contributed by atoms with Crippen molar-refractivity contribution in [1.29, 1.82) is 5.26 Å². The highest BCUT2D eigenvalue weighted by Crippen LogP contribution is 2.29. The van der Waals surface area contributed by atoms with Crippen molar-refractivity contribution < 1.29 is 23.5 Å². The number of rotatable bonds is 16. The van der Waals surface area contributed by atoms with Gasteiger partial charge < -0.3 is 35.0 Å². The van der Waals surface area contributed by atoms with Gasteiger partial charge in [0.2, 0.25) is 12.8 Å². The van der Waals surface area contributed by atoms with Crippen molar-refractivity contribution in [2.24, 2.45) is 12.8 Å². The van der Waals surface area contributed by atoms with Crippen LogP contribution in [0.25, 0.3) is 28.1 Å². The van der Waals surface area contributed by atoms with Crippen LogP contribution in [0.3, 0.4) is 0 Å². The largest absolute Gasteiger partial charge is 0.383 e. The van der Waals surface area contributed by atoms with Crippen LogP contribution in [0.2, 0.25) is 0 Å². The lowest BCUT2D eigenvalue weighted by atomic mass is 9.98. The van der Waals surface area contributed by atoms with Gasteiger partial charge in [0.05, 0.1) is 29.3 Å². The standard InChI is InChI=1S/C35H33FN6O2.C10H13NO.CH5N.CH2O/c1-24-8-13-33-32(18-24)40-34(42(33)16-17-44-3)21-27-11-12-28(20-29(27)35-38-14-15-41(35)2)31(39-23-43)7-5-4-6-26-10-9-25(22-37)19-30(26)36;1-9-2-4-10(5-3-9)6-7-11-8-12;2*1-2/h4-5,7-15,18-20,23H,6,16-17,21H2,1-3H3,(H,39,43);2-5,8H,6-7H2,1H3,(H,11,12);2H2,1H3;1H2/b5-4-,31-7-;;;. The zero-order valence-electron chi connectivity index (χ0n) is 34.8. The average Bonchev–Trinajstić information content (AvgIpc) is 3.85. The molecule has 6 aromatic rings. The van der Waals surface area contributed by atoms with E-state index in [9.17, 15) is 14.0 Å². The molecule has 6 rings (SSSR count). The van der Waals surface area contributed by atoms with E-state index < -0.39 is 5.82 Å². The lowest BCUT2D eigenvalue weighted by molar-refractivity contribution is -0.109. The van der Waals surface area contributed by atoms with Gasteiger partial charge in [-0.1, -0.05) is 66.2 Å². The van der Waals surface area contributed by atoms with E-state index in [4.69, 9.17) is 19.8 Å². The van der Waals surface area contributed by atoms with E-state index in [0.717, 1.165) is 57.8 Å². The number of aromatic nitrogens is 4. The molecule has 2 amide bonds. The van der Waals surface area contributed by atoms with Crippen molar-refractivity contribution in [2.75, 3.05) is 27.3 Å². The van der Waals surface area contributed by atoms with Crippen molar-refractivity contribution >= 4 is 36.3 Å². The fraction of sp³-hybridized carbons (Fsp3) is 0.234. The third-order valence-electron chi connectivity index (χ3n) is 9.23. The summed E-state index contributed by atoms with van der Waals surface area (Å²) in [5, 5.41) is 14.4. The van der Waals surface area contributed by atoms with Crippen LogP contribution in [0.5, 0.6) is 0 Å². The van der Waals surface area contributed by atoms with Gasteiger partial charge in [0.1, 0.15) is 24.3 Å². The number of allylic oxidation sites excluding steroid dienone is 3. The minimum absolute atomic E-state index is 0.280. The molecule has 0 bridgehead atoms. The van der Waals surface area contributed by atoms with E-state index in [0.29, 0.717) is 50.2 Å². The first-order valence-electron chi connectivity index (χ1n) is 19.1. The molecule has 12 nitrogen and oxygen atoms in total. The molecule has 0 unspecified atom stereocenters. The monoisotopic (exact) mass is 812 g/mol. The molecule has 60 heavy (non-hydrogen) atoms. The molecular formula is C47H53FN8O4. The zero-order chi connectivity index (χ0) is 43.9. The molecular weight excluding hydrogens is 760 g/mol. The van der Waals surface area contributed by atoms with Crippen LogP contribution in [0.4, 0.5) is 4.39 Å². The summed E-state index contributed by atoms with van der Waals surface area (Å²) in [6, 6.07) is 27.0. The number of aryl methyl sites for hydroxylation is 3. The van der Waals surface area contributed by atoms with Crippen LogP contribution in [0, 0.1) is 31.0 Å². The SMILES string of the molecule is C=O.CN.COCCn1c(Cc2ccc(/C(=C/C=C\Cc3ccc(C#N)cc3F)NC=O)cc2-c2nccn2C)nc2cc(C)ccc21.Cc1ccc(CCNC=O)cc1. The molecule has 13 heteroatoms. The van der Waals surface area contributed by atoms with Crippen LogP contribution < -0.4 is 16.4 Å². The fourth-order valence-electron chi connectivity index (χ4n) is 6.22. The fourth-order valence-corrected chi connectivity index (χ4v) is 6.22. The minimum atomic E-state index is -0.426. The number of hydrogen-bond acceptors (Lipinski definition) is 8. The summed E-state index contributed by atoms with van der Waals surface area (Å²) in [6.07, 6.45) is 12.2. The zero-order valence-corrected chi connectivity index (χ0v) is 34.8. The number of nitrogens with one attached hydrogen (secondary N) is 2. The highest BCUT2D eigenvalue weighted by molar-refractivity contribution is 5.79. The molecule has 0 aliphatic rings. The van der Waals surface area contributed by atoms with Gasteiger partial charge in [-0.15, -0.1) is 0 Å². The first kappa shape index (κ1) is 47.4. The van der Waals surface area contributed by atoms with Crippen molar-refractivity contribution in [3.05, 3.63) is 160 Å². The van der Waals surface area contributed by atoms with Gasteiger partial charge in [-0.3, -0.25) is 9.59 Å².